The third-order valence-corrected chi connectivity index (χ3v) is 6.17. The first kappa shape index (κ1) is 17.8. The van der Waals surface area contributed by atoms with Crippen molar-refractivity contribution in [1.29, 1.82) is 0 Å². The number of hydrogen-bond acceptors (Lipinski definition) is 7. The van der Waals surface area contributed by atoms with Crippen LogP contribution in [0, 0.1) is 0 Å². The Labute approximate surface area is 171 Å². The molecule has 0 unspecified atom stereocenters. The predicted molar refractivity (Wildman–Crippen MR) is 111 cm³/mol. The van der Waals surface area contributed by atoms with Crippen molar-refractivity contribution in [1.82, 2.24) is 15.0 Å². The van der Waals surface area contributed by atoms with Gasteiger partial charge in [0.25, 0.3) is 0 Å². The second-order valence-corrected chi connectivity index (χ2v) is 7.85. The molecule has 0 N–H and O–H groups in total. The first-order valence-corrected chi connectivity index (χ1v) is 10.1. The Bertz CT molecular complexity index is 1220. The number of aldehydes is 1. The van der Waals surface area contributed by atoms with Gasteiger partial charge in [0.05, 0.1) is 12.5 Å². The Balaban J connectivity index is 1.68. The van der Waals surface area contributed by atoms with Gasteiger partial charge >= 0.3 is 0 Å². The normalized spacial score (nSPS) is 12.7. The van der Waals surface area contributed by atoms with Gasteiger partial charge in [-0.25, -0.2) is 4.98 Å². The minimum Gasteiger partial charge on any atom is -0.493 e. The molecule has 5 rings (SSSR count). The van der Waals surface area contributed by atoms with Crippen LogP contribution in [0.15, 0.2) is 42.7 Å². The SMILES string of the molecule is COc1cc(C=O)ccc1Oc1nc(-c2cccnc2)nc2sc3c(c12)CCC3. The van der Waals surface area contributed by atoms with E-state index in [-0.39, 0.29) is 0 Å². The van der Waals surface area contributed by atoms with E-state index >= 15 is 0 Å². The van der Waals surface area contributed by atoms with Crippen LogP contribution in [0.25, 0.3) is 21.6 Å². The summed E-state index contributed by atoms with van der Waals surface area (Å²) in [6.07, 6.45) is 7.45. The highest BCUT2D eigenvalue weighted by molar-refractivity contribution is 7.19. The minimum atomic E-state index is 0.483. The van der Waals surface area contributed by atoms with Crippen LogP contribution < -0.4 is 9.47 Å². The van der Waals surface area contributed by atoms with E-state index in [1.807, 2.05) is 12.1 Å². The number of methoxy groups -OCH3 is 1. The molecule has 0 saturated heterocycles. The molecule has 0 fully saturated rings. The summed E-state index contributed by atoms with van der Waals surface area (Å²) in [7, 11) is 1.55. The average molecular weight is 403 g/mol. The van der Waals surface area contributed by atoms with Crippen LogP contribution in [0.5, 0.6) is 17.4 Å². The second-order valence-electron chi connectivity index (χ2n) is 6.76. The number of hydrogen-bond donors (Lipinski definition) is 0. The van der Waals surface area contributed by atoms with E-state index in [2.05, 4.69) is 4.98 Å². The summed E-state index contributed by atoms with van der Waals surface area (Å²) in [5, 5.41) is 0.969. The molecular weight excluding hydrogens is 386 g/mol. The number of fused-ring (bicyclic) bond motifs is 3. The van der Waals surface area contributed by atoms with Crippen LogP contribution >= 0.6 is 11.3 Å². The van der Waals surface area contributed by atoms with E-state index in [4.69, 9.17) is 19.4 Å². The van der Waals surface area contributed by atoms with E-state index in [9.17, 15) is 4.79 Å². The van der Waals surface area contributed by atoms with Crippen molar-refractivity contribution in [3.05, 3.63) is 58.7 Å². The van der Waals surface area contributed by atoms with E-state index in [0.717, 1.165) is 41.3 Å². The van der Waals surface area contributed by atoms with Crippen molar-refractivity contribution in [3.8, 4) is 28.8 Å². The van der Waals surface area contributed by atoms with Gasteiger partial charge in [-0.05, 0) is 55.2 Å². The lowest BCUT2D eigenvalue weighted by molar-refractivity contribution is 0.112. The Morgan fingerprint density at radius 3 is 2.86 bits per heavy atom. The number of thiophene rings is 1. The monoisotopic (exact) mass is 403 g/mol. The van der Waals surface area contributed by atoms with Gasteiger partial charge in [-0.3, -0.25) is 9.78 Å². The molecule has 1 aromatic carbocycles. The second kappa shape index (κ2) is 7.25. The molecular formula is C22H17N3O3S. The van der Waals surface area contributed by atoms with E-state index in [1.165, 1.54) is 10.4 Å². The fourth-order valence-electron chi connectivity index (χ4n) is 3.61. The molecule has 0 atom stereocenters. The lowest BCUT2D eigenvalue weighted by Crippen LogP contribution is -1.98. The van der Waals surface area contributed by atoms with Crippen LogP contribution in [0.2, 0.25) is 0 Å². The Morgan fingerprint density at radius 2 is 2.07 bits per heavy atom. The van der Waals surface area contributed by atoms with Gasteiger partial charge in [0, 0.05) is 28.4 Å². The maximum absolute atomic E-state index is 11.1. The number of ether oxygens (including phenoxy) is 2. The summed E-state index contributed by atoms with van der Waals surface area (Å²) < 4.78 is 11.7. The molecule has 4 aromatic rings. The van der Waals surface area contributed by atoms with E-state index < -0.39 is 0 Å². The van der Waals surface area contributed by atoms with Crippen LogP contribution in [0.4, 0.5) is 0 Å². The molecule has 7 heteroatoms. The number of carbonyl (C=O) groups is 1. The topological polar surface area (TPSA) is 74.2 Å². The fourth-order valence-corrected chi connectivity index (χ4v) is 4.86. The third kappa shape index (κ3) is 3.13. The molecule has 3 aromatic heterocycles. The van der Waals surface area contributed by atoms with E-state index in [1.54, 1.807) is 49.0 Å². The van der Waals surface area contributed by atoms with Gasteiger partial charge in [0.2, 0.25) is 5.88 Å². The van der Waals surface area contributed by atoms with Crippen LogP contribution in [0.1, 0.15) is 27.2 Å². The Kier molecular flexibility index (Phi) is 4.44. The summed E-state index contributed by atoms with van der Waals surface area (Å²) in [5.41, 5.74) is 2.63. The lowest BCUT2D eigenvalue weighted by atomic mass is 10.2. The van der Waals surface area contributed by atoms with Gasteiger partial charge in [0.15, 0.2) is 17.3 Å². The number of nitrogens with zero attached hydrogens (tertiary/aromatic N) is 3. The largest absolute Gasteiger partial charge is 0.493 e. The summed E-state index contributed by atoms with van der Waals surface area (Å²) in [6, 6.07) is 8.87. The quantitative estimate of drug-likeness (QED) is 0.443. The van der Waals surface area contributed by atoms with Crippen molar-refractivity contribution in [3.63, 3.8) is 0 Å². The minimum absolute atomic E-state index is 0.483. The van der Waals surface area contributed by atoms with Crippen LogP contribution in [-0.2, 0) is 12.8 Å². The van der Waals surface area contributed by atoms with Crippen LogP contribution in [-0.4, -0.2) is 28.3 Å². The average Bonchev–Trinajstić information content (AvgIpc) is 3.35. The van der Waals surface area contributed by atoms with Gasteiger partial charge in [-0.15, -0.1) is 11.3 Å². The van der Waals surface area contributed by atoms with Crippen LogP contribution in [0.3, 0.4) is 0 Å². The van der Waals surface area contributed by atoms with Crippen molar-refractivity contribution in [2.75, 3.05) is 7.11 Å². The van der Waals surface area contributed by atoms with Crippen molar-refractivity contribution < 1.29 is 14.3 Å². The van der Waals surface area contributed by atoms with Crippen molar-refractivity contribution in [2.45, 2.75) is 19.3 Å². The Morgan fingerprint density at radius 1 is 1.14 bits per heavy atom. The van der Waals surface area contributed by atoms with Crippen molar-refractivity contribution in [2.24, 2.45) is 0 Å². The molecule has 6 nitrogen and oxygen atoms in total. The fraction of sp³-hybridized carbons (Fsp3) is 0.182. The molecule has 0 bridgehead atoms. The maximum Gasteiger partial charge on any atom is 0.232 e. The molecule has 0 radical (unpaired) electrons. The highest BCUT2D eigenvalue weighted by Gasteiger charge is 2.24. The number of rotatable bonds is 5. The zero-order chi connectivity index (χ0) is 19.8. The standard InChI is InChI=1S/C22H17N3O3S/c1-27-17-10-13(12-26)7-8-16(17)28-21-19-15-5-2-6-18(15)29-22(19)25-20(24-21)14-4-3-9-23-11-14/h3-4,7-12H,2,5-6H2,1H3. The summed E-state index contributed by atoms with van der Waals surface area (Å²) >= 11 is 1.71. The maximum atomic E-state index is 11.1. The third-order valence-electron chi connectivity index (χ3n) is 4.98. The van der Waals surface area contributed by atoms with Gasteiger partial charge in [-0.2, -0.15) is 4.98 Å². The number of aryl methyl sites for hydroxylation is 2. The van der Waals surface area contributed by atoms with Gasteiger partial charge in [-0.1, -0.05) is 0 Å². The number of pyridine rings is 1. The highest BCUT2D eigenvalue weighted by Crippen LogP contribution is 2.43. The first-order chi connectivity index (χ1) is 14.3. The molecule has 0 spiro atoms. The summed E-state index contributed by atoms with van der Waals surface area (Å²) in [6.45, 7) is 0. The zero-order valence-electron chi connectivity index (χ0n) is 15.7. The molecule has 0 amide bonds. The van der Waals surface area contributed by atoms with E-state index in [0.29, 0.717) is 28.8 Å². The Hall–Kier alpha value is -3.32. The lowest BCUT2D eigenvalue weighted by Gasteiger charge is -2.12. The van der Waals surface area contributed by atoms with Gasteiger partial charge < -0.3 is 9.47 Å². The molecule has 144 valence electrons. The number of aromatic nitrogens is 3. The summed E-state index contributed by atoms with van der Waals surface area (Å²) in [5.74, 6) is 2.07. The predicted octanol–water partition coefficient (Wildman–Crippen LogP) is 4.86. The number of benzene rings is 1. The molecule has 1 aliphatic rings. The molecule has 3 heterocycles. The first-order valence-electron chi connectivity index (χ1n) is 9.30. The van der Waals surface area contributed by atoms with Gasteiger partial charge in [0.1, 0.15) is 11.1 Å². The molecule has 1 aliphatic carbocycles. The molecule has 0 saturated carbocycles. The molecule has 0 aliphatic heterocycles. The molecule has 29 heavy (non-hydrogen) atoms. The van der Waals surface area contributed by atoms with Crippen molar-refractivity contribution >= 4 is 27.8 Å². The zero-order valence-corrected chi connectivity index (χ0v) is 16.5. The highest BCUT2D eigenvalue weighted by atomic mass is 32.1. The summed E-state index contributed by atoms with van der Waals surface area (Å²) in [4.78, 5) is 27.1. The smallest absolute Gasteiger partial charge is 0.232 e. The number of carbonyl (C=O) groups excluding carboxylic acids is 1.